The molecule has 0 saturated carbocycles. The summed E-state index contributed by atoms with van der Waals surface area (Å²) in [6.07, 6.45) is 3.03. The summed E-state index contributed by atoms with van der Waals surface area (Å²) in [7, 11) is 3.41. The predicted molar refractivity (Wildman–Crippen MR) is 57.0 cm³/mol. The van der Waals surface area contributed by atoms with Gasteiger partial charge in [-0.15, -0.1) is 0 Å². The van der Waals surface area contributed by atoms with Gasteiger partial charge in [-0.05, 0) is 33.0 Å². The number of nitrogens with zero attached hydrogens (tertiary/aromatic N) is 1. The summed E-state index contributed by atoms with van der Waals surface area (Å²) in [5.41, 5.74) is 5.60. The van der Waals surface area contributed by atoms with Gasteiger partial charge in [-0.25, -0.2) is 0 Å². The van der Waals surface area contributed by atoms with Crippen LogP contribution in [0.15, 0.2) is 0 Å². The quantitative estimate of drug-likeness (QED) is 0.614. The van der Waals surface area contributed by atoms with Crippen molar-refractivity contribution in [1.82, 2.24) is 4.90 Å². The molecule has 1 atom stereocenters. The van der Waals surface area contributed by atoms with Gasteiger partial charge in [0.1, 0.15) is 6.04 Å². The molecule has 84 valence electrons. The minimum absolute atomic E-state index is 0.325. The summed E-state index contributed by atoms with van der Waals surface area (Å²) >= 11 is 0. The molecule has 4 nitrogen and oxygen atoms in total. The van der Waals surface area contributed by atoms with E-state index in [1.807, 2.05) is 7.05 Å². The van der Waals surface area contributed by atoms with Gasteiger partial charge >= 0.3 is 5.97 Å². The van der Waals surface area contributed by atoms with Crippen LogP contribution >= 0.6 is 0 Å². The lowest BCUT2D eigenvalue weighted by atomic mass is 10.2. The Labute approximate surface area is 86.4 Å². The zero-order chi connectivity index (χ0) is 11.0. The number of rotatable bonds is 7. The van der Waals surface area contributed by atoms with Crippen molar-refractivity contribution in [3.63, 3.8) is 0 Å². The van der Waals surface area contributed by atoms with Crippen molar-refractivity contribution in [3.05, 3.63) is 0 Å². The van der Waals surface area contributed by atoms with Gasteiger partial charge in [-0.1, -0.05) is 13.3 Å². The highest BCUT2D eigenvalue weighted by Gasteiger charge is 2.13. The Morgan fingerprint density at radius 3 is 2.64 bits per heavy atom. The highest BCUT2D eigenvalue weighted by molar-refractivity contribution is 5.75. The van der Waals surface area contributed by atoms with Crippen molar-refractivity contribution in [2.24, 2.45) is 5.73 Å². The summed E-state index contributed by atoms with van der Waals surface area (Å²) in [5, 5.41) is 0. The molecule has 0 fully saturated rings. The summed E-state index contributed by atoms with van der Waals surface area (Å²) in [5.74, 6) is -0.325. The average Bonchev–Trinajstić information content (AvgIpc) is 2.21. The smallest absolute Gasteiger partial charge is 0.322 e. The third kappa shape index (κ3) is 5.94. The Bertz CT molecular complexity index is 162. The molecule has 2 N–H and O–H groups in total. The van der Waals surface area contributed by atoms with E-state index in [9.17, 15) is 4.79 Å². The number of hydrogen-bond donors (Lipinski definition) is 1. The van der Waals surface area contributed by atoms with Crippen LogP contribution in [0.4, 0.5) is 0 Å². The van der Waals surface area contributed by atoms with Crippen molar-refractivity contribution in [2.75, 3.05) is 27.2 Å². The van der Waals surface area contributed by atoms with Crippen LogP contribution < -0.4 is 5.73 Å². The fourth-order valence-electron chi connectivity index (χ4n) is 1.17. The Balaban J connectivity index is 3.55. The second-order valence-electron chi connectivity index (χ2n) is 3.58. The molecule has 14 heavy (non-hydrogen) atoms. The number of carbonyl (C=O) groups is 1. The number of ether oxygens (including phenoxy) is 1. The summed E-state index contributed by atoms with van der Waals surface area (Å²) in [6, 6.07) is -0.482. The average molecular weight is 202 g/mol. The van der Waals surface area contributed by atoms with Crippen LogP contribution in [-0.4, -0.2) is 44.2 Å². The zero-order valence-corrected chi connectivity index (χ0v) is 9.45. The molecular formula is C10H22N2O2. The predicted octanol–water partition coefficient (Wildman–Crippen LogP) is 0.609. The third-order valence-corrected chi connectivity index (χ3v) is 2.22. The summed E-state index contributed by atoms with van der Waals surface area (Å²) < 4.78 is 4.54. The second kappa shape index (κ2) is 7.76. The summed E-state index contributed by atoms with van der Waals surface area (Å²) in [4.78, 5) is 13.2. The molecule has 0 amide bonds. The maximum absolute atomic E-state index is 11.0. The van der Waals surface area contributed by atoms with E-state index in [0.717, 1.165) is 13.1 Å². The van der Waals surface area contributed by atoms with Gasteiger partial charge in [-0.2, -0.15) is 0 Å². The molecule has 0 aromatic heterocycles. The van der Waals surface area contributed by atoms with E-state index in [-0.39, 0.29) is 5.97 Å². The van der Waals surface area contributed by atoms with Crippen LogP contribution in [0.1, 0.15) is 26.2 Å². The lowest BCUT2D eigenvalue weighted by Gasteiger charge is -2.17. The van der Waals surface area contributed by atoms with E-state index in [4.69, 9.17) is 5.73 Å². The first-order chi connectivity index (χ1) is 6.61. The van der Waals surface area contributed by atoms with E-state index in [1.165, 1.54) is 20.0 Å². The highest BCUT2D eigenvalue weighted by Crippen LogP contribution is 1.96. The first-order valence-corrected chi connectivity index (χ1v) is 5.13. The fourth-order valence-corrected chi connectivity index (χ4v) is 1.17. The van der Waals surface area contributed by atoms with Crippen molar-refractivity contribution >= 4 is 5.97 Å². The van der Waals surface area contributed by atoms with Gasteiger partial charge in [0.15, 0.2) is 0 Å². The zero-order valence-electron chi connectivity index (χ0n) is 9.45. The molecule has 0 aromatic rings. The Kier molecular flexibility index (Phi) is 7.42. The normalized spacial score (nSPS) is 12.9. The molecule has 0 aliphatic heterocycles. The third-order valence-electron chi connectivity index (χ3n) is 2.22. The van der Waals surface area contributed by atoms with Gasteiger partial charge < -0.3 is 15.4 Å². The first kappa shape index (κ1) is 13.4. The monoisotopic (exact) mass is 202 g/mol. The highest BCUT2D eigenvalue weighted by atomic mass is 16.5. The van der Waals surface area contributed by atoms with Crippen LogP contribution in [0.5, 0.6) is 0 Å². The Hall–Kier alpha value is -0.610. The number of methoxy groups -OCH3 is 1. The van der Waals surface area contributed by atoms with Crippen molar-refractivity contribution < 1.29 is 9.53 Å². The maximum Gasteiger partial charge on any atom is 0.322 e. The molecular weight excluding hydrogens is 180 g/mol. The Morgan fingerprint density at radius 2 is 2.14 bits per heavy atom. The van der Waals surface area contributed by atoms with Gasteiger partial charge in [0.05, 0.1) is 7.11 Å². The molecule has 0 saturated heterocycles. The molecule has 1 unspecified atom stereocenters. The molecule has 0 aliphatic carbocycles. The van der Waals surface area contributed by atoms with E-state index < -0.39 is 6.04 Å². The topological polar surface area (TPSA) is 55.6 Å². The first-order valence-electron chi connectivity index (χ1n) is 5.13. The molecule has 0 spiro atoms. The molecule has 0 bridgehead atoms. The van der Waals surface area contributed by atoms with Gasteiger partial charge in [0, 0.05) is 0 Å². The lowest BCUT2D eigenvalue weighted by molar-refractivity contribution is -0.142. The van der Waals surface area contributed by atoms with Gasteiger partial charge in [0.25, 0.3) is 0 Å². The number of unbranched alkanes of at least 4 members (excludes halogenated alkanes) is 1. The standard InChI is InChI=1S/C10H22N2O2/c1-4-5-7-12(2)8-6-9(11)10(13)14-3/h9H,4-8,11H2,1-3H3. The number of hydrogen-bond acceptors (Lipinski definition) is 4. The number of nitrogens with two attached hydrogens (primary N) is 1. The Morgan fingerprint density at radius 1 is 1.50 bits per heavy atom. The van der Waals surface area contributed by atoms with Crippen LogP contribution in [0.2, 0.25) is 0 Å². The molecule has 0 aliphatic rings. The van der Waals surface area contributed by atoms with E-state index in [0.29, 0.717) is 6.42 Å². The van der Waals surface area contributed by atoms with Crippen LogP contribution in [0.25, 0.3) is 0 Å². The molecule has 4 heteroatoms. The second-order valence-corrected chi connectivity index (χ2v) is 3.58. The van der Waals surface area contributed by atoms with Crippen LogP contribution in [0, 0.1) is 0 Å². The van der Waals surface area contributed by atoms with Gasteiger partial charge in [-0.3, -0.25) is 4.79 Å². The van der Waals surface area contributed by atoms with E-state index in [2.05, 4.69) is 16.6 Å². The molecule has 0 heterocycles. The van der Waals surface area contributed by atoms with Gasteiger partial charge in [0.2, 0.25) is 0 Å². The molecule has 0 rings (SSSR count). The van der Waals surface area contributed by atoms with Crippen molar-refractivity contribution in [1.29, 1.82) is 0 Å². The van der Waals surface area contributed by atoms with E-state index >= 15 is 0 Å². The SMILES string of the molecule is CCCCN(C)CCC(N)C(=O)OC. The summed E-state index contributed by atoms with van der Waals surface area (Å²) in [6.45, 7) is 4.06. The molecule has 0 aromatic carbocycles. The largest absolute Gasteiger partial charge is 0.468 e. The number of carbonyl (C=O) groups excluding carboxylic acids is 1. The van der Waals surface area contributed by atoms with Crippen molar-refractivity contribution in [3.8, 4) is 0 Å². The minimum Gasteiger partial charge on any atom is -0.468 e. The van der Waals surface area contributed by atoms with Crippen LogP contribution in [-0.2, 0) is 9.53 Å². The van der Waals surface area contributed by atoms with Crippen LogP contribution in [0.3, 0.4) is 0 Å². The molecule has 0 radical (unpaired) electrons. The van der Waals surface area contributed by atoms with E-state index in [1.54, 1.807) is 0 Å². The fraction of sp³-hybridized carbons (Fsp3) is 0.900. The maximum atomic E-state index is 11.0. The minimum atomic E-state index is -0.482. The lowest BCUT2D eigenvalue weighted by Crippen LogP contribution is -2.35. The number of esters is 1. The van der Waals surface area contributed by atoms with Crippen molar-refractivity contribution in [2.45, 2.75) is 32.2 Å².